The van der Waals surface area contributed by atoms with Crippen molar-refractivity contribution in [3.8, 4) is 5.75 Å². The van der Waals surface area contributed by atoms with E-state index in [1.165, 1.54) is 12.1 Å². The predicted molar refractivity (Wildman–Crippen MR) is 68.5 cm³/mol. The maximum atomic E-state index is 13.7. The first-order chi connectivity index (χ1) is 9.11. The third-order valence-corrected chi connectivity index (χ3v) is 3.55. The lowest BCUT2D eigenvalue weighted by molar-refractivity contribution is -0.385. The van der Waals surface area contributed by atoms with E-state index in [9.17, 15) is 14.5 Å². The van der Waals surface area contributed by atoms with E-state index in [-0.39, 0.29) is 23.5 Å². The lowest BCUT2D eigenvalue weighted by Crippen LogP contribution is -2.35. The highest BCUT2D eigenvalue weighted by molar-refractivity contribution is 5.37. The van der Waals surface area contributed by atoms with E-state index in [0.717, 1.165) is 31.7 Å². The van der Waals surface area contributed by atoms with Crippen molar-refractivity contribution in [1.29, 1.82) is 0 Å². The third-order valence-electron chi connectivity index (χ3n) is 3.55. The van der Waals surface area contributed by atoms with E-state index in [4.69, 9.17) is 10.5 Å². The van der Waals surface area contributed by atoms with Gasteiger partial charge in [-0.2, -0.15) is 0 Å². The van der Waals surface area contributed by atoms with E-state index in [0.29, 0.717) is 6.54 Å². The Morgan fingerprint density at radius 3 is 2.79 bits per heavy atom. The van der Waals surface area contributed by atoms with Crippen molar-refractivity contribution in [2.45, 2.75) is 31.8 Å². The molecule has 0 amide bonds. The van der Waals surface area contributed by atoms with Crippen molar-refractivity contribution < 1.29 is 14.1 Å². The van der Waals surface area contributed by atoms with Crippen LogP contribution in [-0.4, -0.2) is 17.6 Å². The Balaban J connectivity index is 2.11. The summed E-state index contributed by atoms with van der Waals surface area (Å²) in [5.74, 6) is -0.408. The molecule has 2 atom stereocenters. The van der Waals surface area contributed by atoms with Crippen LogP contribution in [0.2, 0.25) is 0 Å². The molecule has 0 spiro atoms. The number of rotatable bonds is 4. The van der Waals surface area contributed by atoms with Gasteiger partial charge in [0.15, 0.2) is 11.6 Å². The Morgan fingerprint density at radius 2 is 2.16 bits per heavy atom. The first-order valence-electron chi connectivity index (χ1n) is 6.42. The Kier molecular flexibility index (Phi) is 4.31. The second kappa shape index (κ2) is 5.97. The quantitative estimate of drug-likeness (QED) is 0.672. The summed E-state index contributed by atoms with van der Waals surface area (Å²) in [6.07, 6.45) is 3.88. The molecule has 1 aliphatic carbocycles. The summed E-state index contributed by atoms with van der Waals surface area (Å²) >= 11 is 0. The smallest absolute Gasteiger partial charge is 0.272 e. The summed E-state index contributed by atoms with van der Waals surface area (Å²) in [6.45, 7) is 0.513. The molecule has 0 radical (unpaired) electrons. The van der Waals surface area contributed by atoms with E-state index < -0.39 is 10.7 Å². The first-order valence-corrected chi connectivity index (χ1v) is 6.42. The zero-order valence-corrected chi connectivity index (χ0v) is 10.5. The van der Waals surface area contributed by atoms with Crippen LogP contribution in [-0.2, 0) is 0 Å². The van der Waals surface area contributed by atoms with Gasteiger partial charge in [-0.25, -0.2) is 4.39 Å². The SMILES string of the molecule is NCC1CCCCC1Oc1ccc([N+](=O)[O-])cc1F. The molecule has 2 N–H and O–H groups in total. The highest BCUT2D eigenvalue weighted by Gasteiger charge is 2.26. The number of nitrogens with zero attached hydrogens (tertiary/aromatic N) is 1. The van der Waals surface area contributed by atoms with Crippen LogP contribution in [0.3, 0.4) is 0 Å². The van der Waals surface area contributed by atoms with Crippen molar-refractivity contribution in [2.75, 3.05) is 6.54 Å². The zero-order valence-electron chi connectivity index (χ0n) is 10.5. The highest BCUT2D eigenvalue weighted by atomic mass is 19.1. The molecule has 0 heterocycles. The van der Waals surface area contributed by atoms with E-state index in [2.05, 4.69) is 0 Å². The molecule has 0 aliphatic heterocycles. The third kappa shape index (κ3) is 3.20. The van der Waals surface area contributed by atoms with Gasteiger partial charge in [-0.3, -0.25) is 10.1 Å². The maximum absolute atomic E-state index is 13.7. The molecular weight excluding hydrogens is 251 g/mol. The van der Waals surface area contributed by atoms with Crippen LogP contribution in [0.1, 0.15) is 25.7 Å². The van der Waals surface area contributed by atoms with Crippen molar-refractivity contribution >= 4 is 5.69 Å². The molecule has 1 fully saturated rings. The summed E-state index contributed by atoms with van der Waals surface area (Å²) in [7, 11) is 0. The second-order valence-corrected chi connectivity index (χ2v) is 4.81. The summed E-state index contributed by atoms with van der Waals surface area (Å²) in [5, 5.41) is 10.5. The fourth-order valence-corrected chi connectivity index (χ4v) is 2.46. The molecule has 0 aromatic heterocycles. The molecule has 2 rings (SSSR count). The molecule has 2 unspecified atom stereocenters. The van der Waals surface area contributed by atoms with Crippen molar-refractivity contribution in [1.82, 2.24) is 0 Å². The largest absolute Gasteiger partial charge is 0.487 e. The number of benzene rings is 1. The van der Waals surface area contributed by atoms with Gasteiger partial charge < -0.3 is 10.5 Å². The number of hydrogen-bond acceptors (Lipinski definition) is 4. The van der Waals surface area contributed by atoms with Crippen LogP contribution in [0.4, 0.5) is 10.1 Å². The number of halogens is 1. The van der Waals surface area contributed by atoms with Gasteiger partial charge in [0, 0.05) is 12.0 Å². The molecule has 1 aromatic rings. The summed E-state index contributed by atoms with van der Waals surface area (Å²) in [5.41, 5.74) is 5.41. The Morgan fingerprint density at radius 1 is 1.42 bits per heavy atom. The monoisotopic (exact) mass is 268 g/mol. The molecule has 5 nitrogen and oxygen atoms in total. The van der Waals surface area contributed by atoms with Crippen LogP contribution in [0.25, 0.3) is 0 Å². The van der Waals surface area contributed by atoms with Gasteiger partial charge >= 0.3 is 0 Å². The van der Waals surface area contributed by atoms with E-state index in [1.54, 1.807) is 0 Å². The average molecular weight is 268 g/mol. The van der Waals surface area contributed by atoms with Crippen LogP contribution in [0, 0.1) is 21.8 Å². The number of non-ortho nitro benzene ring substituents is 1. The number of ether oxygens (including phenoxy) is 1. The zero-order chi connectivity index (χ0) is 13.8. The molecule has 19 heavy (non-hydrogen) atoms. The molecule has 0 saturated heterocycles. The van der Waals surface area contributed by atoms with Gasteiger partial charge in [0.05, 0.1) is 11.0 Å². The van der Waals surface area contributed by atoms with Crippen molar-refractivity contribution in [3.05, 3.63) is 34.1 Å². The topological polar surface area (TPSA) is 78.4 Å². The fourth-order valence-electron chi connectivity index (χ4n) is 2.46. The van der Waals surface area contributed by atoms with Gasteiger partial charge in [-0.1, -0.05) is 6.42 Å². The molecule has 1 saturated carbocycles. The lowest BCUT2D eigenvalue weighted by Gasteiger charge is -2.31. The standard InChI is InChI=1S/C13H17FN2O3/c14-11-7-10(16(17)18)5-6-13(11)19-12-4-2-1-3-9(12)8-15/h5-7,9,12H,1-4,8,15H2. The molecule has 0 bridgehead atoms. The molecular formula is C13H17FN2O3. The van der Waals surface area contributed by atoms with Crippen molar-refractivity contribution in [2.24, 2.45) is 11.7 Å². The molecule has 1 aliphatic rings. The van der Waals surface area contributed by atoms with Crippen LogP contribution >= 0.6 is 0 Å². The van der Waals surface area contributed by atoms with Gasteiger partial charge in [0.1, 0.15) is 6.10 Å². The summed E-state index contributed by atoms with van der Waals surface area (Å²) in [6, 6.07) is 3.45. The maximum Gasteiger partial charge on any atom is 0.272 e. The normalized spacial score (nSPS) is 23.1. The molecule has 1 aromatic carbocycles. The second-order valence-electron chi connectivity index (χ2n) is 4.81. The van der Waals surface area contributed by atoms with E-state index in [1.807, 2.05) is 0 Å². The van der Waals surface area contributed by atoms with Gasteiger partial charge in [0.25, 0.3) is 5.69 Å². The first kappa shape index (κ1) is 13.7. The number of hydrogen-bond donors (Lipinski definition) is 1. The Labute approximate surface area is 110 Å². The average Bonchev–Trinajstić information content (AvgIpc) is 2.41. The van der Waals surface area contributed by atoms with Crippen molar-refractivity contribution in [3.63, 3.8) is 0 Å². The summed E-state index contributed by atoms with van der Waals surface area (Å²) in [4.78, 5) is 9.91. The Bertz CT molecular complexity index is 467. The minimum absolute atomic E-state index is 0.0657. The number of nitro groups is 1. The number of nitro benzene ring substituents is 1. The minimum Gasteiger partial charge on any atom is -0.487 e. The van der Waals surface area contributed by atoms with Gasteiger partial charge in [0.2, 0.25) is 0 Å². The highest BCUT2D eigenvalue weighted by Crippen LogP contribution is 2.30. The Hall–Kier alpha value is -1.69. The lowest BCUT2D eigenvalue weighted by atomic mass is 9.86. The van der Waals surface area contributed by atoms with E-state index >= 15 is 0 Å². The minimum atomic E-state index is -0.699. The fraction of sp³-hybridized carbons (Fsp3) is 0.538. The van der Waals surface area contributed by atoms with Crippen LogP contribution in [0.5, 0.6) is 5.75 Å². The van der Waals surface area contributed by atoms with Gasteiger partial charge in [-0.05, 0) is 31.9 Å². The predicted octanol–water partition coefficient (Wildman–Crippen LogP) is 2.63. The summed E-state index contributed by atoms with van der Waals surface area (Å²) < 4.78 is 19.4. The number of nitrogens with two attached hydrogens (primary N) is 1. The molecule has 6 heteroatoms. The van der Waals surface area contributed by atoms with Gasteiger partial charge in [-0.15, -0.1) is 0 Å². The van der Waals surface area contributed by atoms with Crippen LogP contribution < -0.4 is 10.5 Å². The molecule has 104 valence electrons. The van der Waals surface area contributed by atoms with Crippen LogP contribution in [0.15, 0.2) is 18.2 Å².